The highest BCUT2D eigenvalue weighted by Crippen LogP contribution is 2.23. The first-order valence-corrected chi connectivity index (χ1v) is 5.42. The molecule has 0 aliphatic rings. The molecule has 4 N–H and O–H groups in total. The summed E-state index contributed by atoms with van der Waals surface area (Å²) in [7, 11) is 0. The molecule has 1 aromatic heterocycles. The van der Waals surface area contributed by atoms with Crippen LogP contribution in [-0.2, 0) is 0 Å². The van der Waals surface area contributed by atoms with E-state index in [2.05, 4.69) is 15.3 Å². The number of carbonyl (C=O) groups excluding carboxylic acids is 1. The first kappa shape index (κ1) is 12.4. The average molecular weight is 269 g/mol. The van der Waals surface area contributed by atoms with E-state index in [1.807, 2.05) is 0 Å². The van der Waals surface area contributed by atoms with E-state index in [9.17, 15) is 9.18 Å². The number of aromatic nitrogens is 2. The molecule has 1 aromatic carbocycles. The molecule has 0 atom stereocenters. The van der Waals surface area contributed by atoms with Crippen molar-refractivity contribution in [1.82, 2.24) is 9.97 Å². The summed E-state index contributed by atoms with van der Waals surface area (Å²) in [6.45, 7) is 1.55. The van der Waals surface area contributed by atoms with Gasteiger partial charge in [0.05, 0.1) is 6.20 Å². The van der Waals surface area contributed by atoms with Gasteiger partial charge in [0.1, 0.15) is 11.5 Å². The lowest BCUT2D eigenvalue weighted by molar-refractivity contribution is 0.102. The Balaban J connectivity index is 2.22. The second kappa shape index (κ2) is 4.66. The summed E-state index contributed by atoms with van der Waals surface area (Å²) in [6, 6.07) is 2.66. The SMILES string of the molecule is Cc1c(F)cc(NC(=O)c2cnc(N)[nH]2)cc1Cl. The van der Waals surface area contributed by atoms with Gasteiger partial charge in [0.25, 0.3) is 5.91 Å². The predicted octanol–water partition coefficient (Wildman–Crippen LogP) is 2.35. The molecule has 0 saturated carbocycles. The van der Waals surface area contributed by atoms with E-state index in [4.69, 9.17) is 17.3 Å². The van der Waals surface area contributed by atoms with Crippen LogP contribution in [0.5, 0.6) is 0 Å². The number of aromatic amines is 1. The third-order valence-electron chi connectivity index (χ3n) is 2.38. The number of nitrogens with one attached hydrogen (secondary N) is 2. The Bertz CT molecular complexity index is 588. The molecule has 94 valence electrons. The molecule has 0 radical (unpaired) electrons. The zero-order valence-corrected chi connectivity index (χ0v) is 10.2. The predicted molar refractivity (Wildman–Crippen MR) is 67.1 cm³/mol. The van der Waals surface area contributed by atoms with E-state index in [0.29, 0.717) is 5.56 Å². The lowest BCUT2D eigenvalue weighted by Gasteiger charge is -2.06. The fourth-order valence-corrected chi connectivity index (χ4v) is 1.58. The normalized spacial score (nSPS) is 10.4. The van der Waals surface area contributed by atoms with E-state index in [1.165, 1.54) is 18.3 Å². The van der Waals surface area contributed by atoms with Gasteiger partial charge in [-0.15, -0.1) is 0 Å². The van der Waals surface area contributed by atoms with Gasteiger partial charge in [-0.2, -0.15) is 0 Å². The van der Waals surface area contributed by atoms with Crippen LogP contribution in [0.2, 0.25) is 5.02 Å². The van der Waals surface area contributed by atoms with Crippen LogP contribution in [0.4, 0.5) is 16.0 Å². The lowest BCUT2D eigenvalue weighted by atomic mass is 10.2. The van der Waals surface area contributed by atoms with Crippen molar-refractivity contribution in [3.63, 3.8) is 0 Å². The highest BCUT2D eigenvalue weighted by Gasteiger charge is 2.11. The molecule has 1 heterocycles. The van der Waals surface area contributed by atoms with Gasteiger partial charge in [-0.3, -0.25) is 4.79 Å². The van der Waals surface area contributed by atoms with Gasteiger partial charge in [-0.25, -0.2) is 9.37 Å². The molecule has 7 heteroatoms. The molecule has 0 saturated heterocycles. The summed E-state index contributed by atoms with van der Waals surface area (Å²) in [5.74, 6) is -0.825. The molecule has 0 aliphatic heterocycles. The Morgan fingerprint density at radius 3 is 2.83 bits per heavy atom. The van der Waals surface area contributed by atoms with E-state index in [-0.39, 0.29) is 22.4 Å². The third kappa shape index (κ3) is 2.43. The van der Waals surface area contributed by atoms with Crippen molar-refractivity contribution in [3.05, 3.63) is 40.4 Å². The summed E-state index contributed by atoms with van der Waals surface area (Å²) < 4.78 is 13.4. The van der Waals surface area contributed by atoms with Crippen LogP contribution < -0.4 is 11.1 Å². The van der Waals surface area contributed by atoms with Crippen molar-refractivity contribution in [3.8, 4) is 0 Å². The maximum absolute atomic E-state index is 13.4. The number of rotatable bonds is 2. The quantitative estimate of drug-likeness (QED) is 0.782. The number of nitrogens with two attached hydrogens (primary N) is 1. The van der Waals surface area contributed by atoms with Crippen LogP contribution in [0.25, 0.3) is 0 Å². The fraction of sp³-hybridized carbons (Fsp3) is 0.0909. The Morgan fingerprint density at radius 1 is 1.56 bits per heavy atom. The molecule has 0 spiro atoms. The molecular weight excluding hydrogens is 259 g/mol. The number of carbonyl (C=O) groups is 1. The summed E-state index contributed by atoms with van der Waals surface area (Å²) >= 11 is 5.82. The van der Waals surface area contributed by atoms with Crippen molar-refractivity contribution >= 4 is 29.1 Å². The van der Waals surface area contributed by atoms with E-state index in [0.717, 1.165) is 0 Å². The minimum Gasteiger partial charge on any atom is -0.369 e. The van der Waals surface area contributed by atoms with Crippen LogP contribution in [0.3, 0.4) is 0 Å². The second-order valence-electron chi connectivity index (χ2n) is 3.70. The van der Waals surface area contributed by atoms with Crippen LogP contribution >= 0.6 is 11.6 Å². The number of hydrogen-bond acceptors (Lipinski definition) is 3. The molecule has 5 nitrogen and oxygen atoms in total. The molecule has 0 unspecified atom stereocenters. The fourth-order valence-electron chi connectivity index (χ4n) is 1.37. The van der Waals surface area contributed by atoms with E-state index in [1.54, 1.807) is 6.92 Å². The van der Waals surface area contributed by atoms with Gasteiger partial charge in [0.2, 0.25) is 0 Å². The topological polar surface area (TPSA) is 83.8 Å². The third-order valence-corrected chi connectivity index (χ3v) is 2.77. The Kier molecular flexibility index (Phi) is 3.20. The van der Waals surface area contributed by atoms with Crippen molar-refractivity contribution in [2.75, 3.05) is 11.1 Å². The number of nitrogen functional groups attached to an aromatic ring is 1. The van der Waals surface area contributed by atoms with Gasteiger partial charge in [-0.1, -0.05) is 11.6 Å². The van der Waals surface area contributed by atoms with Crippen LogP contribution in [0.15, 0.2) is 18.3 Å². The Morgan fingerprint density at radius 2 is 2.28 bits per heavy atom. The molecule has 2 aromatic rings. The van der Waals surface area contributed by atoms with Crippen molar-refractivity contribution in [2.45, 2.75) is 6.92 Å². The number of benzene rings is 1. The molecule has 0 fully saturated rings. The molecule has 1 amide bonds. The van der Waals surface area contributed by atoms with Gasteiger partial charge in [0.15, 0.2) is 5.95 Å². The van der Waals surface area contributed by atoms with Crippen LogP contribution in [0, 0.1) is 12.7 Å². The van der Waals surface area contributed by atoms with Gasteiger partial charge in [0, 0.05) is 16.3 Å². The van der Waals surface area contributed by atoms with Gasteiger partial charge >= 0.3 is 0 Å². The van der Waals surface area contributed by atoms with Crippen LogP contribution in [-0.4, -0.2) is 15.9 Å². The number of anilines is 2. The summed E-state index contributed by atoms with van der Waals surface area (Å²) in [5.41, 5.74) is 6.13. The largest absolute Gasteiger partial charge is 0.369 e. The molecule has 0 bridgehead atoms. The van der Waals surface area contributed by atoms with Gasteiger partial charge in [-0.05, 0) is 19.1 Å². The summed E-state index contributed by atoms with van der Waals surface area (Å²) in [4.78, 5) is 18.0. The summed E-state index contributed by atoms with van der Waals surface area (Å²) in [6.07, 6.45) is 1.29. The maximum atomic E-state index is 13.4. The first-order valence-electron chi connectivity index (χ1n) is 5.05. The smallest absolute Gasteiger partial charge is 0.273 e. The number of H-pyrrole nitrogens is 1. The van der Waals surface area contributed by atoms with Crippen molar-refractivity contribution in [1.29, 1.82) is 0 Å². The number of halogens is 2. The Hall–Kier alpha value is -2.08. The number of hydrogen-bond donors (Lipinski definition) is 3. The molecule has 0 aliphatic carbocycles. The Labute approximate surface area is 107 Å². The zero-order valence-electron chi connectivity index (χ0n) is 9.42. The second-order valence-corrected chi connectivity index (χ2v) is 4.11. The summed E-state index contributed by atoms with van der Waals surface area (Å²) in [5, 5.41) is 2.74. The highest BCUT2D eigenvalue weighted by atomic mass is 35.5. The standard InChI is InChI=1S/C11H10ClFN4O/c1-5-7(12)2-6(3-8(5)13)16-10(18)9-4-15-11(14)17-9/h2-4H,1H3,(H,16,18)(H3,14,15,17). The number of imidazole rings is 1. The average Bonchev–Trinajstić information content (AvgIpc) is 2.72. The van der Waals surface area contributed by atoms with Gasteiger partial charge < -0.3 is 16.0 Å². The zero-order chi connectivity index (χ0) is 13.3. The number of amides is 1. The van der Waals surface area contributed by atoms with E-state index < -0.39 is 11.7 Å². The lowest BCUT2D eigenvalue weighted by Crippen LogP contribution is -2.12. The van der Waals surface area contributed by atoms with Crippen molar-refractivity contribution in [2.24, 2.45) is 0 Å². The van der Waals surface area contributed by atoms with Crippen LogP contribution in [0.1, 0.15) is 16.1 Å². The first-order chi connectivity index (χ1) is 8.47. The monoisotopic (exact) mass is 268 g/mol. The highest BCUT2D eigenvalue weighted by molar-refractivity contribution is 6.31. The molecule has 18 heavy (non-hydrogen) atoms. The maximum Gasteiger partial charge on any atom is 0.273 e. The van der Waals surface area contributed by atoms with E-state index >= 15 is 0 Å². The molecule has 2 rings (SSSR count). The molecular formula is C11H10ClFN4O. The van der Waals surface area contributed by atoms with Crippen molar-refractivity contribution < 1.29 is 9.18 Å². The minimum atomic E-state index is -0.484. The minimum absolute atomic E-state index is 0.133. The number of nitrogens with zero attached hydrogens (tertiary/aromatic N) is 1.